The van der Waals surface area contributed by atoms with Gasteiger partial charge in [0.25, 0.3) is 0 Å². The average molecular weight is 592 g/mol. The Balaban J connectivity index is 0.000000244. The third kappa shape index (κ3) is 15.2. The summed E-state index contributed by atoms with van der Waals surface area (Å²) in [5.74, 6) is 0.390. The molecule has 1 heterocycles. The van der Waals surface area contributed by atoms with Gasteiger partial charge < -0.3 is 30.2 Å². The van der Waals surface area contributed by atoms with Gasteiger partial charge in [0.1, 0.15) is 18.5 Å². The predicted octanol–water partition coefficient (Wildman–Crippen LogP) is 3.75. The second-order valence-electron chi connectivity index (χ2n) is 9.91. The van der Waals surface area contributed by atoms with Gasteiger partial charge in [0.2, 0.25) is 12.3 Å². The topological polar surface area (TPSA) is 135 Å². The van der Waals surface area contributed by atoms with E-state index in [4.69, 9.17) is 14.2 Å². The van der Waals surface area contributed by atoms with Crippen molar-refractivity contribution in [3.63, 3.8) is 0 Å². The van der Waals surface area contributed by atoms with Crippen LogP contribution in [-0.4, -0.2) is 62.6 Å². The van der Waals surface area contributed by atoms with Gasteiger partial charge >= 0.3 is 6.09 Å². The van der Waals surface area contributed by atoms with Crippen LogP contribution in [-0.2, 0) is 36.9 Å². The van der Waals surface area contributed by atoms with Crippen LogP contribution < -0.4 is 20.7 Å². The van der Waals surface area contributed by atoms with E-state index in [-0.39, 0.29) is 24.5 Å². The summed E-state index contributed by atoms with van der Waals surface area (Å²) in [5, 5.41) is 7.55. The quantitative estimate of drug-likeness (QED) is 0.216. The molecule has 1 aliphatic rings. The molecule has 1 fully saturated rings. The van der Waals surface area contributed by atoms with Crippen LogP contribution in [0.1, 0.15) is 30.5 Å². The van der Waals surface area contributed by atoms with E-state index in [0.717, 1.165) is 16.9 Å². The van der Waals surface area contributed by atoms with E-state index in [2.05, 4.69) is 22.9 Å². The number of rotatable bonds is 12. The number of ketones is 1. The summed E-state index contributed by atoms with van der Waals surface area (Å²) in [6.45, 7) is 6.42. The van der Waals surface area contributed by atoms with Gasteiger partial charge in [-0.25, -0.2) is 4.79 Å². The summed E-state index contributed by atoms with van der Waals surface area (Å²) in [4.78, 5) is 45.0. The zero-order chi connectivity index (χ0) is 31.5. The second-order valence-corrected chi connectivity index (χ2v) is 9.91. The SMILES string of the molecule is CC(C)NC(=O)OCc1ccccc1.COc1ccc(C)cc1.O=CNCC(=O)N[C@@H](Cc1ccccc1)C(=O)C1CO1. The van der Waals surface area contributed by atoms with Crippen LogP contribution in [0.5, 0.6) is 5.75 Å². The molecule has 0 aliphatic carbocycles. The van der Waals surface area contributed by atoms with E-state index in [1.165, 1.54) is 5.56 Å². The number of ether oxygens (including phenoxy) is 3. The highest BCUT2D eigenvalue weighted by Crippen LogP contribution is 2.15. The summed E-state index contributed by atoms with van der Waals surface area (Å²) < 4.78 is 14.9. The Bertz CT molecular complexity index is 1250. The van der Waals surface area contributed by atoms with Gasteiger partial charge in [0.05, 0.1) is 26.3 Å². The number of methoxy groups -OCH3 is 1. The van der Waals surface area contributed by atoms with Crippen molar-refractivity contribution in [2.24, 2.45) is 0 Å². The minimum absolute atomic E-state index is 0.110. The summed E-state index contributed by atoms with van der Waals surface area (Å²) in [6, 6.07) is 26.5. The normalized spacial score (nSPS) is 13.5. The lowest BCUT2D eigenvalue weighted by molar-refractivity contribution is -0.128. The summed E-state index contributed by atoms with van der Waals surface area (Å²) >= 11 is 0. The molecule has 0 bridgehead atoms. The lowest BCUT2D eigenvalue weighted by Crippen LogP contribution is -2.47. The minimum atomic E-state index is -0.633. The first-order chi connectivity index (χ1) is 20.7. The molecule has 10 nitrogen and oxygen atoms in total. The molecule has 4 rings (SSSR count). The number of epoxide rings is 1. The number of amides is 3. The Morgan fingerprint density at radius 3 is 2.00 bits per heavy atom. The molecule has 1 saturated heterocycles. The maximum Gasteiger partial charge on any atom is 0.407 e. The first kappa shape index (κ1) is 34.5. The first-order valence-corrected chi connectivity index (χ1v) is 13.9. The molecule has 43 heavy (non-hydrogen) atoms. The number of nitrogens with one attached hydrogen (secondary N) is 3. The van der Waals surface area contributed by atoms with Gasteiger partial charge in [-0.15, -0.1) is 0 Å². The van der Waals surface area contributed by atoms with Crippen LogP contribution in [0.2, 0.25) is 0 Å². The van der Waals surface area contributed by atoms with Crippen molar-refractivity contribution < 1.29 is 33.4 Å². The standard InChI is InChI=1S/C14H16N2O4.C11H15NO2.C8H10O/c17-9-15-7-13(18)16-11(14(19)12-8-20-12)6-10-4-2-1-3-5-10;1-9(2)12-11(13)14-8-10-6-4-3-5-7-10;1-7-3-5-8(9-2)6-4-7/h1-5,9,11-12H,6-8H2,(H,15,17)(H,16,18);3-7,9H,8H2,1-2H3,(H,12,13);3-6H,1-2H3/t11-,12?;;/m0../s1. The fourth-order valence-electron chi connectivity index (χ4n) is 3.56. The van der Waals surface area contributed by atoms with Crippen LogP contribution in [0.25, 0.3) is 0 Å². The molecular weight excluding hydrogens is 550 g/mol. The van der Waals surface area contributed by atoms with Crippen LogP contribution in [0.15, 0.2) is 84.9 Å². The maximum atomic E-state index is 12.1. The van der Waals surface area contributed by atoms with Gasteiger partial charge in [0.15, 0.2) is 5.78 Å². The van der Waals surface area contributed by atoms with Crippen LogP contribution in [0, 0.1) is 6.92 Å². The van der Waals surface area contributed by atoms with Crippen LogP contribution in [0.4, 0.5) is 4.79 Å². The Labute approximate surface area is 253 Å². The molecule has 3 amide bonds. The van der Waals surface area contributed by atoms with Crippen LogP contribution >= 0.6 is 0 Å². The van der Waals surface area contributed by atoms with Crippen molar-refractivity contribution in [3.8, 4) is 5.75 Å². The van der Waals surface area contributed by atoms with Gasteiger partial charge in [-0.3, -0.25) is 14.4 Å². The third-order valence-electron chi connectivity index (χ3n) is 5.83. The highest BCUT2D eigenvalue weighted by atomic mass is 16.6. The fourth-order valence-corrected chi connectivity index (χ4v) is 3.56. The van der Waals surface area contributed by atoms with E-state index < -0.39 is 18.1 Å². The molecule has 0 saturated carbocycles. The number of carbonyl (C=O) groups is 4. The second kappa shape index (κ2) is 19.4. The van der Waals surface area contributed by atoms with Gasteiger partial charge in [0, 0.05) is 6.04 Å². The van der Waals surface area contributed by atoms with E-state index in [0.29, 0.717) is 26.0 Å². The molecule has 1 unspecified atom stereocenters. The molecule has 3 aromatic rings. The number of benzene rings is 3. The minimum Gasteiger partial charge on any atom is -0.497 e. The average Bonchev–Trinajstić information content (AvgIpc) is 3.86. The summed E-state index contributed by atoms with van der Waals surface area (Å²) in [6.07, 6.45) is 0.0659. The van der Waals surface area contributed by atoms with Crippen LogP contribution in [0.3, 0.4) is 0 Å². The molecule has 1 aliphatic heterocycles. The highest BCUT2D eigenvalue weighted by molar-refractivity contribution is 5.94. The zero-order valence-electron chi connectivity index (χ0n) is 25.1. The zero-order valence-corrected chi connectivity index (χ0v) is 25.1. The molecule has 230 valence electrons. The van der Waals surface area contributed by atoms with E-state index >= 15 is 0 Å². The predicted molar refractivity (Wildman–Crippen MR) is 164 cm³/mol. The molecule has 3 aromatic carbocycles. The van der Waals surface area contributed by atoms with Crippen molar-refractivity contribution in [1.82, 2.24) is 16.0 Å². The van der Waals surface area contributed by atoms with Gasteiger partial charge in [-0.2, -0.15) is 0 Å². The maximum absolute atomic E-state index is 12.1. The Morgan fingerprint density at radius 1 is 0.907 bits per heavy atom. The third-order valence-corrected chi connectivity index (χ3v) is 5.83. The van der Waals surface area contributed by atoms with Crippen molar-refractivity contribution in [2.75, 3.05) is 20.3 Å². The van der Waals surface area contributed by atoms with E-state index in [1.807, 2.05) is 98.8 Å². The molecule has 10 heteroatoms. The van der Waals surface area contributed by atoms with E-state index in [9.17, 15) is 19.2 Å². The lowest BCUT2D eigenvalue weighted by Gasteiger charge is -2.17. The molecule has 3 N–H and O–H groups in total. The molecule has 0 radical (unpaired) electrons. The monoisotopic (exact) mass is 591 g/mol. The number of hydrogen-bond donors (Lipinski definition) is 3. The molecule has 2 atom stereocenters. The Kier molecular flexibility index (Phi) is 15.6. The van der Waals surface area contributed by atoms with Crippen molar-refractivity contribution in [2.45, 2.75) is 52.0 Å². The van der Waals surface area contributed by atoms with Gasteiger partial charge in [-0.05, 0) is 50.5 Å². The first-order valence-electron chi connectivity index (χ1n) is 13.9. The largest absolute Gasteiger partial charge is 0.497 e. The van der Waals surface area contributed by atoms with Crippen molar-refractivity contribution >= 4 is 24.2 Å². The number of alkyl carbamates (subject to hydrolysis) is 1. The number of Topliss-reactive ketones (excluding diaryl/α,β-unsaturated/α-hetero) is 1. The number of aryl methyl sites for hydroxylation is 1. The lowest BCUT2D eigenvalue weighted by atomic mass is 10.0. The number of carbonyl (C=O) groups excluding carboxylic acids is 4. The Morgan fingerprint density at radius 2 is 1.49 bits per heavy atom. The summed E-state index contributed by atoms with van der Waals surface area (Å²) in [5.41, 5.74) is 3.21. The smallest absolute Gasteiger partial charge is 0.407 e. The highest BCUT2D eigenvalue weighted by Gasteiger charge is 2.37. The molecule has 0 aromatic heterocycles. The molecule has 0 spiro atoms. The van der Waals surface area contributed by atoms with Gasteiger partial charge in [-0.1, -0.05) is 78.4 Å². The summed E-state index contributed by atoms with van der Waals surface area (Å²) in [7, 11) is 1.67. The van der Waals surface area contributed by atoms with Crippen molar-refractivity contribution in [1.29, 1.82) is 0 Å². The fraction of sp³-hybridized carbons (Fsp3) is 0.333. The number of hydrogen-bond acceptors (Lipinski definition) is 7. The Hall–Kier alpha value is -4.70. The van der Waals surface area contributed by atoms with E-state index in [1.54, 1.807) is 7.11 Å². The van der Waals surface area contributed by atoms with Crippen molar-refractivity contribution in [3.05, 3.63) is 102 Å². The molecular formula is C33H41N3O7.